The van der Waals surface area contributed by atoms with Crippen molar-refractivity contribution in [2.45, 2.75) is 39.7 Å². The number of ether oxygens (including phenoxy) is 1. The summed E-state index contributed by atoms with van der Waals surface area (Å²) in [4.78, 5) is 11.3. The lowest BCUT2D eigenvalue weighted by atomic mass is 10.1. The number of rotatable bonds is 4. The SMILES string of the molecule is Cc1cccc(CCC(=O)OC(C)C)c1. The van der Waals surface area contributed by atoms with Gasteiger partial charge in [-0.2, -0.15) is 0 Å². The van der Waals surface area contributed by atoms with E-state index in [4.69, 9.17) is 4.74 Å². The molecule has 0 heterocycles. The van der Waals surface area contributed by atoms with Crippen molar-refractivity contribution in [3.63, 3.8) is 0 Å². The second-order valence-corrected chi connectivity index (χ2v) is 4.03. The van der Waals surface area contributed by atoms with Crippen LogP contribution in [0.15, 0.2) is 24.3 Å². The molecule has 0 aliphatic heterocycles. The van der Waals surface area contributed by atoms with Crippen LogP contribution in [0.25, 0.3) is 0 Å². The van der Waals surface area contributed by atoms with Gasteiger partial charge in [0.15, 0.2) is 0 Å². The summed E-state index contributed by atoms with van der Waals surface area (Å²) in [6, 6.07) is 8.20. The summed E-state index contributed by atoms with van der Waals surface area (Å²) in [6.45, 7) is 5.78. The van der Waals surface area contributed by atoms with Gasteiger partial charge < -0.3 is 4.74 Å². The van der Waals surface area contributed by atoms with Crippen molar-refractivity contribution in [2.75, 3.05) is 0 Å². The maximum Gasteiger partial charge on any atom is 0.306 e. The lowest BCUT2D eigenvalue weighted by Gasteiger charge is -2.07. The van der Waals surface area contributed by atoms with E-state index >= 15 is 0 Å². The van der Waals surface area contributed by atoms with Crippen LogP contribution in [-0.2, 0) is 16.0 Å². The normalized spacial score (nSPS) is 10.4. The Bertz CT molecular complexity index is 329. The minimum Gasteiger partial charge on any atom is -0.463 e. The van der Waals surface area contributed by atoms with Crippen molar-refractivity contribution in [1.29, 1.82) is 0 Å². The molecule has 0 atom stereocenters. The number of carbonyl (C=O) groups excluding carboxylic acids is 1. The standard InChI is InChI=1S/C13H18O2/c1-10(2)15-13(14)8-7-12-6-4-5-11(3)9-12/h4-6,9-10H,7-8H2,1-3H3. The summed E-state index contributed by atoms with van der Waals surface area (Å²) in [5, 5.41) is 0. The van der Waals surface area contributed by atoms with E-state index in [1.165, 1.54) is 11.1 Å². The first kappa shape index (κ1) is 11.8. The Hall–Kier alpha value is -1.31. The topological polar surface area (TPSA) is 26.3 Å². The molecule has 15 heavy (non-hydrogen) atoms. The average molecular weight is 206 g/mol. The Morgan fingerprint density at radius 2 is 2.13 bits per heavy atom. The highest BCUT2D eigenvalue weighted by atomic mass is 16.5. The van der Waals surface area contributed by atoms with E-state index in [0.29, 0.717) is 6.42 Å². The Morgan fingerprint density at radius 1 is 1.40 bits per heavy atom. The molecule has 2 heteroatoms. The van der Waals surface area contributed by atoms with E-state index in [-0.39, 0.29) is 12.1 Å². The molecule has 0 saturated carbocycles. The van der Waals surface area contributed by atoms with E-state index in [9.17, 15) is 4.79 Å². The van der Waals surface area contributed by atoms with Crippen LogP contribution >= 0.6 is 0 Å². The van der Waals surface area contributed by atoms with Crippen LogP contribution in [0.2, 0.25) is 0 Å². The molecule has 1 aromatic rings. The Labute approximate surface area is 91.3 Å². The summed E-state index contributed by atoms with van der Waals surface area (Å²) in [6.07, 6.45) is 1.20. The number of benzene rings is 1. The van der Waals surface area contributed by atoms with Gasteiger partial charge in [0, 0.05) is 6.42 Å². The second kappa shape index (κ2) is 5.54. The first-order valence-corrected chi connectivity index (χ1v) is 5.33. The maximum absolute atomic E-state index is 11.3. The Morgan fingerprint density at radius 3 is 2.73 bits per heavy atom. The third-order valence-electron chi connectivity index (χ3n) is 2.07. The number of hydrogen-bond donors (Lipinski definition) is 0. The Balaban J connectivity index is 2.40. The molecule has 0 aliphatic carbocycles. The van der Waals surface area contributed by atoms with Crippen molar-refractivity contribution in [3.8, 4) is 0 Å². The van der Waals surface area contributed by atoms with Crippen LogP contribution in [0, 0.1) is 6.92 Å². The van der Waals surface area contributed by atoms with Crippen molar-refractivity contribution in [1.82, 2.24) is 0 Å². The van der Waals surface area contributed by atoms with Crippen molar-refractivity contribution >= 4 is 5.97 Å². The summed E-state index contributed by atoms with van der Waals surface area (Å²) in [5.41, 5.74) is 2.42. The zero-order chi connectivity index (χ0) is 11.3. The molecule has 82 valence electrons. The van der Waals surface area contributed by atoms with Crippen LogP contribution in [0.4, 0.5) is 0 Å². The van der Waals surface area contributed by atoms with Gasteiger partial charge in [-0.1, -0.05) is 29.8 Å². The monoisotopic (exact) mass is 206 g/mol. The molecular formula is C13H18O2. The predicted octanol–water partition coefficient (Wildman–Crippen LogP) is 2.88. The third kappa shape index (κ3) is 4.63. The third-order valence-corrected chi connectivity index (χ3v) is 2.07. The zero-order valence-electron chi connectivity index (χ0n) is 9.62. The van der Waals surface area contributed by atoms with Gasteiger partial charge in [-0.15, -0.1) is 0 Å². The van der Waals surface area contributed by atoms with Gasteiger partial charge in [0.1, 0.15) is 0 Å². The molecule has 0 unspecified atom stereocenters. The fourth-order valence-electron chi connectivity index (χ4n) is 1.44. The van der Waals surface area contributed by atoms with Gasteiger partial charge in [0.05, 0.1) is 6.10 Å². The van der Waals surface area contributed by atoms with Gasteiger partial charge >= 0.3 is 5.97 Å². The highest BCUT2D eigenvalue weighted by Crippen LogP contribution is 2.07. The molecular weight excluding hydrogens is 188 g/mol. The first-order valence-electron chi connectivity index (χ1n) is 5.33. The van der Waals surface area contributed by atoms with Crippen LogP contribution in [0.1, 0.15) is 31.4 Å². The smallest absolute Gasteiger partial charge is 0.306 e. The molecule has 2 nitrogen and oxygen atoms in total. The molecule has 0 aliphatic rings. The van der Waals surface area contributed by atoms with Crippen LogP contribution in [0.5, 0.6) is 0 Å². The molecule has 0 aromatic heterocycles. The summed E-state index contributed by atoms with van der Waals surface area (Å²) < 4.78 is 5.06. The van der Waals surface area contributed by atoms with E-state index < -0.39 is 0 Å². The number of aryl methyl sites for hydroxylation is 2. The molecule has 1 rings (SSSR count). The van der Waals surface area contributed by atoms with Crippen molar-refractivity contribution < 1.29 is 9.53 Å². The van der Waals surface area contributed by atoms with Crippen molar-refractivity contribution in [2.24, 2.45) is 0 Å². The van der Waals surface area contributed by atoms with Gasteiger partial charge in [-0.05, 0) is 32.8 Å². The van der Waals surface area contributed by atoms with Crippen LogP contribution < -0.4 is 0 Å². The number of hydrogen-bond acceptors (Lipinski definition) is 2. The predicted molar refractivity (Wildman–Crippen MR) is 60.7 cm³/mol. The molecule has 0 N–H and O–H groups in total. The van der Waals surface area contributed by atoms with Crippen molar-refractivity contribution in [3.05, 3.63) is 35.4 Å². The average Bonchev–Trinajstić information content (AvgIpc) is 2.14. The fraction of sp³-hybridized carbons (Fsp3) is 0.462. The van der Waals surface area contributed by atoms with E-state index in [1.54, 1.807) is 0 Å². The quantitative estimate of drug-likeness (QED) is 0.708. The molecule has 0 fully saturated rings. The highest BCUT2D eigenvalue weighted by Gasteiger charge is 2.05. The molecule has 0 bridgehead atoms. The van der Waals surface area contributed by atoms with Crippen LogP contribution in [0.3, 0.4) is 0 Å². The first-order chi connectivity index (χ1) is 7.08. The Kier molecular flexibility index (Phi) is 4.35. The molecule has 0 radical (unpaired) electrons. The summed E-state index contributed by atoms with van der Waals surface area (Å²) in [5.74, 6) is -0.119. The van der Waals surface area contributed by atoms with E-state index in [0.717, 1.165) is 6.42 Å². The van der Waals surface area contributed by atoms with Gasteiger partial charge in [0.2, 0.25) is 0 Å². The minimum absolute atomic E-state index is 0.0185. The minimum atomic E-state index is -0.119. The van der Waals surface area contributed by atoms with E-state index in [1.807, 2.05) is 26.0 Å². The van der Waals surface area contributed by atoms with Crippen LogP contribution in [-0.4, -0.2) is 12.1 Å². The van der Waals surface area contributed by atoms with E-state index in [2.05, 4.69) is 19.1 Å². The number of esters is 1. The summed E-state index contributed by atoms with van der Waals surface area (Å²) in [7, 11) is 0. The van der Waals surface area contributed by atoms with Gasteiger partial charge in [-0.3, -0.25) is 4.79 Å². The lowest BCUT2D eigenvalue weighted by molar-refractivity contribution is -0.147. The molecule has 0 spiro atoms. The number of carbonyl (C=O) groups is 1. The van der Waals surface area contributed by atoms with Gasteiger partial charge in [0.25, 0.3) is 0 Å². The second-order valence-electron chi connectivity index (χ2n) is 4.03. The summed E-state index contributed by atoms with van der Waals surface area (Å²) >= 11 is 0. The molecule has 1 aromatic carbocycles. The zero-order valence-corrected chi connectivity index (χ0v) is 9.62. The lowest BCUT2D eigenvalue weighted by Crippen LogP contribution is -2.11. The molecule has 0 amide bonds. The maximum atomic E-state index is 11.3. The fourth-order valence-corrected chi connectivity index (χ4v) is 1.44. The molecule has 0 saturated heterocycles. The largest absolute Gasteiger partial charge is 0.463 e. The van der Waals surface area contributed by atoms with Gasteiger partial charge in [-0.25, -0.2) is 0 Å². The highest BCUT2D eigenvalue weighted by molar-refractivity contribution is 5.69.